The van der Waals surface area contributed by atoms with E-state index in [2.05, 4.69) is 4.98 Å². The highest BCUT2D eigenvalue weighted by Gasteiger charge is 2.27. The van der Waals surface area contributed by atoms with E-state index in [1.807, 2.05) is 6.07 Å². The fourth-order valence-corrected chi connectivity index (χ4v) is 3.13. The molecule has 1 aromatic heterocycles. The van der Waals surface area contributed by atoms with Gasteiger partial charge in [-0.1, -0.05) is 6.07 Å². The van der Waals surface area contributed by atoms with Crippen molar-refractivity contribution in [2.75, 3.05) is 6.16 Å². The quantitative estimate of drug-likeness (QED) is 0.550. The molecule has 0 saturated heterocycles. The van der Waals surface area contributed by atoms with Crippen LogP contribution in [0, 0.1) is 0 Å². The zero-order valence-corrected chi connectivity index (χ0v) is 12.7. The Labute approximate surface area is 127 Å². The molecule has 0 amide bonds. The van der Waals surface area contributed by atoms with Gasteiger partial charge in [0.05, 0.1) is 25.1 Å². The Hall–Kier alpha value is -1.76. The number of aliphatic carboxylic acids is 2. The van der Waals surface area contributed by atoms with Crippen molar-refractivity contribution in [2.24, 2.45) is 0 Å². The number of nitrogens with zero attached hydrogens (tertiary/aromatic N) is 1. The zero-order valence-electron chi connectivity index (χ0n) is 11.8. The molecule has 22 heavy (non-hydrogen) atoms. The van der Waals surface area contributed by atoms with Crippen LogP contribution in [0.25, 0.3) is 0 Å². The molecule has 0 aromatic carbocycles. The number of aryl methyl sites for hydroxylation is 1. The minimum Gasteiger partial charge on any atom is -0.481 e. The second-order valence-corrected chi connectivity index (χ2v) is 6.68. The lowest BCUT2D eigenvalue weighted by Gasteiger charge is -2.18. The van der Waals surface area contributed by atoms with Gasteiger partial charge in [0.2, 0.25) is 0 Å². The van der Waals surface area contributed by atoms with E-state index < -0.39 is 38.5 Å². The summed E-state index contributed by atoms with van der Waals surface area (Å²) in [5.74, 6) is -2.58. The molecule has 0 aliphatic carbocycles. The van der Waals surface area contributed by atoms with E-state index in [1.54, 1.807) is 18.5 Å². The fraction of sp³-hybridized carbons (Fsp3) is 0.462. The summed E-state index contributed by atoms with van der Waals surface area (Å²) >= 11 is 0. The minimum absolute atomic E-state index is 0.183. The molecular formula is C13H18NO7P. The predicted molar refractivity (Wildman–Crippen MR) is 76.6 cm³/mol. The first-order valence-corrected chi connectivity index (χ1v) is 8.37. The Bertz CT molecular complexity index is 533. The van der Waals surface area contributed by atoms with Crippen molar-refractivity contribution in [1.82, 2.24) is 4.98 Å². The number of hydrogen-bond donors (Lipinski definition) is 3. The van der Waals surface area contributed by atoms with Crippen LogP contribution in [0.4, 0.5) is 0 Å². The molecular weight excluding hydrogens is 313 g/mol. The number of carboxylic acid groups (broad SMARTS) is 2. The van der Waals surface area contributed by atoms with E-state index in [1.165, 1.54) is 0 Å². The maximum absolute atomic E-state index is 11.9. The molecule has 0 spiro atoms. The van der Waals surface area contributed by atoms with Gasteiger partial charge in [-0.15, -0.1) is 0 Å². The van der Waals surface area contributed by atoms with Crippen molar-refractivity contribution in [3.8, 4) is 0 Å². The van der Waals surface area contributed by atoms with Crippen LogP contribution < -0.4 is 0 Å². The van der Waals surface area contributed by atoms with Gasteiger partial charge in [-0.25, -0.2) is 0 Å². The van der Waals surface area contributed by atoms with Crippen LogP contribution in [-0.2, 0) is 25.1 Å². The van der Waals surface area contributed by atoms with Crippen molar-refractivity contribution >= 4 is 19.5 Å². The van der Waals surface area contributed by atoms with Gasteiger partial charge in [-0.05, 0) is 24.5 Å². The van der Waals surface area contributed by atoms with Crippen molar-refractivity contribution in [3.05, 3.63) is 30.1 Å². The van der Waals surface area contributed by atoms with E-state index >= 15 is 0 Å². The third kappa shape index (κ3) is 7.87. The Morgan fingerprint density at radius 2 is 1.91 bits per heavy atom. The van der Waals surface area contributed by atoms with Gasteiger partial charge in [0.25, 0.3) is 0 Å². The lowest BCUT2D eigenvalue weighted by molar-refractivity contribution is -0.141. The summed E-state index contributed by atoms with van der Waals surface area (Å²) in [6.07, 6.45) is 1.32. The number of hydrogen-bond acceptors (Lipinski definition) is 5. The topological polar surface area (TPSA) is 134 Å². The Balaban J connectivity index is 2.50. The van der Waals surface area contributed by atoms with Gasteiger partial charge in [-0.2, -0.15) is 0 Å². The Morgan fingerprint density at radius 3 is 2.41 bits per heavy atom. The first-order chi connectivity index (χ1) is 10.3. The van der Waals surface area contributed by atoms with Crippen LogP contribution in [0.2, 0.25) is 0 Å². The highest BCUT2D eigenvalue weighted by atomic mass is 31.2. The number of carboxylic acids is 2. The fourth-order valence-electron chi connectivity index (χ4n) is 1.85. The number of pyridine rings is 1. The van der Waals surface area contributed by atoms with Crippen LogP contribution in [0.15, 0.2) is 24.5 Å². The largest absolute Gasteiger partial charge is 0.481 e. The first-order valence-electron chi connectivity index (χ1n) is 6.61. The third-order valence-electron chi connectivity index (χ3n) is 2.75. The smallest absolute Gasteiger partial charge is 0.328 e. The molecule has 122 valence electrons. The molecule has 8 nitrogen and oxygen atoms in total. The highest BCUT2D eigenvalue weighted by Crippen LogP contribution is 2.45. The van der Waals surface area contributed by atoms with E-state index in [0.29, 0.717) is 12.8 Å². The molecule has 0 aliphatic heterocycles. The standard InChI is InChI=1S/C13H18NO7P/c15-12(16)7-11(8-13(17)18)21-22(19,20)6-2-4-10-3-1-5-14-9-10/h1,3,5,9,11H,2,4,6-8H2,(H,15,16)(H,17,18)(H,19,20). The van der Waals surface area contributed by atoms with Gasteiger partial charge in [0, 0.05) is 12.4 Å². The molecule has 0 aliphatic rings. The predicted octanol–water partition coefficient (Wildman–Crippen LogP) is 1.53. The van der Waals surface area contributed by atoms with Gasteiger partial charge < -0.3 is 19.6 Å². The van der Waals surface area contributed by atoms with Crippen molar-refractivity contribution in [2.45, 2.75) is 31.8 Å². The van der Waals surface area contributed by atoms with E-state index in [9.17, 15) is 19.0 Å². The molecule has 1 rings (SSSR count). The maximum atomic E-state index is 11.9. The molecule has 0 radical (unpaired) electrons. The lowest BCUT2D eigenvalue weighted by Crippen LogP contribution is -2.21. The summed E-state index contributed by atoms with van der Waals surface area (Å²) in [6, 6.07) is 3.58. The Morgan fingerprint density at radius 1 is 1.27 bits per heavy atom. The Kier molecular flexibility index (Phi) is 7.17. The molecule has 1 atom stereocenters. The monoisotopic (exact) mass is 331 g/mol. The number of carbonyl (C=O) groups is 2. The van der Waals surface area contributed by atoms with Crippen molar-refractivity contribution in [1.29, 1.82) is 0 Å². The summed E-state index contributed by atoms with van der Waals surface area (Å²) < 4.78 is 16.7. The average Bonchev–Trinajstić information content (AvgIpc) is 2.37. The SMILES string of the molecule is O=C(O)CC(CC(=O)O)OP(=O)(O)CCCc1cccnc1. The van der Waals surface area contributed by atoms with Gasteiger partial charge >= 0.3 is 19.5 Å². The molecule has 0 saturated carbocycles. The summed E-state index contributed by atoms with van der Waals surface area (Å²) in [5.41, 5.74) is 0.898. The molecule has 1 heterocycles. The summed E-state index contributed by atoms with van der Waals surface area (Å²) in [6.45, 7) is 0. The van der Waals surface area contributed by atoms with Crippen LogP contribution in [0.3, 0.4) is 0 Å². The van der Waals surface area contributed by atoms with Crippen molar-refractivity contribution in [3.63, 3.8) is 0 Å². The van der Waals surface area contributed by atoms with Crippen LogP contribution in [-0.4, -0.2) is 44.3 Å². The zero-order chi connectivity index (χ0) is 16.6. The van der Waals surface area contributed by atoms with E-state index in [-0.39, 0.29) is 6.16 Å². The lowest BCUT2D eigenvalue weighted by atomic mass is 10.2. The molecule has 9 heteroatoms. The molecule has 0 bridgehead atoms. The van der Waals surface area contributed by atoms with E-state index in [0.717, 1.165) is 5.56 Å². The molecule has 1 aromatic rings. The summed E-state index contributed by atoms with van der Waals surface area (Å²) in [7, 11) is -4.05. The van der Waals surface area contributed by atoms with Crippen LogP contribution in [0.5, 0.6) is 0 Å². The van der Waals surface area contributed by atoms with Gasteiger partial charge in [0.15, 0.2) is 0 Å². The normalized spacial score (nSPS) is 13.7. The molecule has 0 fully saturated rings. The first kappa shape index (κ1) is 18.3. The highest BCUT2D eigenvalue weighted by molar-refractivity contribution is 7.52. The number of rotatable bonds is 10. The molecule has 1 unspecified atom stereocenters. The minimum atomic E-state index is -4.05. The number of aromatic nitrogens is 1. The second kappa shape index (κ2) is 8.63. The van der Waals surface area contributed by atoms with E-state index in [4.69, 9.17) is 14.7 Å². The van der Waals surface area contributed by atoms with Crippen molar-refractivity contribution < 1.29 is 33.8 Å². The maximum Gasteiger partial charge on any atom is 0.328 e. The van der Waals surface area contributed by atoms with Crippen LogP contribution >= 0.6 is 7.60 Å². The second-order valence-electron chi connectivity index (χ2n) is 4.75. The van der Waals surface area contributed by atoms with Crippen LogP contribution in [0.1, 0.15) is 24.8 Å². The van der Waals surface area contributed by atoms with Gasteiger partial charge in [-0.3, -0.25) is 19.1 Å². The van der Waals surface area contributed by atoms with Gasteiger partial charge in [0.1, 0.15) is 0 Å². The summed E-state index contributed by atoms with van der Waals surface area (Å²) in [5, 5.41) is 17.3. The third-order valence-corrected chi connectivity index (χ3v) is 4.26. The average molecular weight is 331 g/mol. The molecule has 3 N–H and O–H groups in total. The summed E-state index contributed by atoms with van der Waals surface area (Å²) in [4.78, 5) is 34.9.